The fourth-order valence-corrected chi connectivity index (χ4v) is 3.28. The van der Waals surface area contributed by atoms with Crippen LogP contribution in [-0.4, -0.2) is 32.2 Å². The summed E-state index contributed by atoms with van der Waals surface area (Å²) in [5.41, 5.74) is 2.79. The second kappa shape index (κ2) is 8.62. The number of anilines is 3. The van der Waals surface area contributed by atoms with E-state index in [4.69, 9.17) is 14.2 Å². The summed E-state index contributed by atoms with van der Waals surface area (Å²) in [6, 6.07) is 11.0. The largest absolute Gasteiger partial charge is 0.495 e. The molecule has 0 fully saturated rings. The molecule has 3 rings (SSSR count). The van der Waals surface area contributed by atoms with Crippen LogP contribution in [0.1, 0.15) is 16.1 Å². The van der Waals surface area contributed by atoms with Gasteiger partial charge in [0.1, 0.15) is 11.4 Å². The van der Waals surface area contributed by atoms with Gasteiger partial charge in [-0.15, -0.1) is 11.3 Å². The van der Waals surface area contributed by atoms with Crippen molar-refractivity contribution in [3.05, 3.63) is 53.0 Å². The number of thiazole rings is 1. The molecule has 7 nitrogen and oxygen atoms in total. The monoisotopic (exact) mass is 399 g/mol. The first-order valence-corrected chi connectivity index (χ1v) is 9.32. The average molecular weight is 399 g/mol. The molecular formula is C20H21N3O4S. The number of nitrogens with one attached hydrogen (secondary N) is 2. The van der Waals surface area contributed by atoms with E-state index in [1.165, 1.54) is 11.3 Å². The molecule has 0 bridgehead atoms. The minimum Gasteiger partial charge on any atom is -0.495 e. The van der Waals surface area contributed by atoms with E-state index in [9.17, 15) is 4.79 Å². The normalized spacial score (nSPS) is 10.3. The van der Waals surface area contributed by atoms with E-state index in [0.717, 1.165) is 11.3 Å². The molecule has 2 N–H and O–H groups in total. The van der Waals surface area contributed by atoms with Crippen LogP contribution in [0.2, 0.25) is 0 Å². The van der Waals surface area contributed by atoms with Crippen molar-refractivity contribution in [1.29, 1.82) is 0 Å². The Bertz CT molecular complexity index is 987. The van der Waals surface area contributed by atoms with E-state index in [2.05, 4.69) is 15.6 Å². The van der Waals surface area contributed by atoms with Gasteiger partial charge in [-0.05, 0) is 36.8 Å². The SMILES string of the molecule is COc1ccc(C)cc1Nc1nc(C(=O)Nc2ccc(OC)c(OC)c2)cs1. The highest BCUT2D eigenvalue weighted by Crippen LogP contribution is 2.31. The Morgan fingerprint density at radius 1 is 0.964 bits per heavy atom. The average Bonchev–Trinajstić information content (AvgIpc) is 3.16. The lowest BCUT2D eigenvalue weighted by Gasteiger charge is -2.10. The molecule has 0 atom stereocenters. The van der Waals surface area contributed by atoms with Crippen LogP contribution in [0.25, 0.3) is 0 Å². The topological polar surface area (TPSA) is 81.7 Å². The van der Waals surface area contributed by atoms with Crippen LogP contribution < -0.4 is 24.8 Å². The number of hydrogen-bond donors (Lipinski definition) is 2. The maximum Gasteiger partial charge on any atom is 0.275 e. The Labute approximate surface area is 167 Å². The van der Waals surface area contributed by atoms with Crippen molar-refractivity contribution in [3.8, 4) is 17.2 Å². The molecule has 0 radical (unpaired) electrons. The molecule has 146 valence electrons. The lowest BCUT2D eigenvalue weighted by atomic mass is 10.2. The van der Waals surface area contributed by atoms with Gasteiger partial charge in [-0.1, -0.05) is 6.07 Å². The molecule has 1 aromatic heterocycles. The molecule has 1 heterocycles. The van der Waals surface area contributed by atoms with Gasteiger partial charge in [-0.2, -0.15) is 0 Å². The number of amides is 1. The van der Waals surface area contributed by atoms with Gasteiger partial charge >= 0.3 is 0 Å². The van der Waals surface area contributed by atoms with Gasteiger partial charge in [0, 0.05) is 17.1 Å². The molecule has 2 aromatic carbocycles. The fourth-order valence-electron chi connectivity index (χ4n) is 2.58. The third kappa shape index (κ3) is 4.34. The Kier molecular flexibility index (Phi) is 6.00. The Morgan fingerprint density at radius 2 is 1.68 bits per heavy atom. The standard InChI is InChI=1S/C20H21N3O4S/c1-12-5-7-16(25-2)14(9-12)22-20-23-15(11-28-20)19(24)21-13-6-8-17(26-3)18(10-13)27-4/h5-11H,1-4H3,(H,21,24)(H,22,23). The van der Waals surface area contributed by atoms with Crippen LogP contribution in [0.4, 0.5) is 16.5 Å². The van der Waals surface area contributed by atoms with E-state index in [1.54, 1.807) is 44.9 Å². The maximum absolute atomic E-state index is 12.5. The van der Waals surface area contributed by atoms with Crippen molar-refractivity contribution in [2.75, 3.05) is 32.0 Å². The molecule has 0 aliphatic heterocycles. The van der Waals surface area contributed by atoms with E-state index < -0.39 is 0 Å². The second-order valence-corrected chi connectivity index (χ2v) is 6.75. The summed E-state index contributed by atoms with van der Waals surface area (Å²) in [6.07, 6.45) is 0. The van der Waals surface area contributed by atoms with Gasteiger partial charge in [-0.3, -0.25) is 4.79 Å². The van der Waals surface area contributed by atoms with Gasteiger partial charge in [0.05, 0.1) is 27.0 Å². The van der Waals surface area contributed by atoms with Crippen molar-refractivity contribution in [2.24, 2.45) is 0 Å². The van der Waals surface area contributed by atoms with Crippen LogP contribution in [0, 0.1) is 6.92 Å². The highest BCUT2D eigenvalue weighted by molar-refractivity contribution is 7.14. The van der Waals surface area contributed by atoms with Crippen molar-refractivity contribution in [3.63, 3.8) is 0 Å². The number of carbonyl (C=O) groups excluding carboxylic acids is 1. The molecule has 0 unspecified atom stereocenters. The first kappa shape index (κ1) is 19.5. The highest BCUT2D eigenvalue weighted by atomic mass is 32.1. The number of hydrogen-bond acceptors (Lipinski definition) is 7. The zero-order valence-electron chi connectivity index (χ0n) is 16.0. The number of carbonyl (C=O) groups is 1. The lowest BCUT2D eigenvalue weighted by molar-refractivity contribution is 0.102. The Balaban J connectivity index is 1.73. The first-order valence-electron chi connectivity index (χ1n) is 8.44. The molecule has 0 spiro atoms. The molecular weight excluding hydrogens is 378 g/mol. The Hall–Kier alpha value is -3.26. The van der Waals surface area contributed by atoms with Crippen LogP contribution in [0.15, 0.2) is 41.8 Å². The van der Waals surface area contributed by atoms with E-state index in [-0.39, 0.29) is 5.91 Å². The van der Waals surface area contributed by atoms with Gasteiger partial charge in [0.15, 0.2) is 16.6 Å². The second-order valence-electron chi connectivity index (χ2n) is 5.89. The van der Waals surface area contributed by atoms with Crippen molar-refractivity contribution in [1.82, 2.24) is 4.98 Å². The third-order valence-corrected chi connectivity index (χ3v) is 4.73. The van der Waals surface area contributed by atoms with Crippen molar-refractivity contribution < 1.29 is 19.0 Å². The van der Waals surface area contributed by atoms with Crippen LogP contribution in [-0.2, 0) is 0 Å². The van der Waals surface area contributed by atoms with E-state index in [1.807, 2.05) is 25.1 Å². The maximum atomic E-state index is 12.5. The smallest absolute Gasteiger partial charge is 0.275 e. The van der Waals surface area contributed by atoms with Gasteiger partial charge < -0.3 is 24.8 Å². The molecule has 28 heavy (non-hydrogen) atoms. The minimum absolute atomic E-state index is 0.312. The van der Waals surface area contributed by atoms with E-state index in [0.29, 0.717) is 33.8 Å². The van der Waals surface area contributed by atoms with Gasteiger partial charge in [0.25, 0.3) is 5.91 Å². The summed E-state index contributed by atoms with van der Waals surface area (Å²) in [7, 11) is 4.71. The highest BCUT2D eigenvalue weighted by Gasteiger charge is 2.14. The number of ether oxygens (including phenoxy) is 3. The number of nitrogens with zero attached hydrogens (tertiary/aromatic N) is 1. The van der Waals surface area contributed by atoms with Crippen LogP contribution in [0.3, 0.4) is 0 Å². The summed E-state index contributed by atoms with van der Waals surface area (Å²) in [6.45, 7) is 1.99. The molecule has 0 aliphatic carbocycles. The van der Waals surface area contributed by atoms with Crippen molar-refractivity contribution in [2.45, 2.75) is 6.92 Å². The van der Waals surface area contributed by atoms with Crippen molar-refractivity contribution >= 4 is 33.8 Å². The fraction of sp³-hybridized carbons (Fsp3) is 0.200. The number of methoxy groups -OCH3 is 3. The number of rotatable bonds is 7. The molecule has 3 aromatic rings. The molecule has 0 aliphatic rings. The number of aryl methyl sites for hydroxylation is 1. The van der Waals surface area contributed by atoms with Crippen LogP contribution >= 0.6 is 11.3 Å². The predicted octanol–water partition coefficient (Wildman–Crippen LogP) is 4.47. The number of benzene rings is 2. The molecule has 0 saturated carbocycles. The van der Waals surface area contributed by atoms with Gasteiger partial charge in [0.2, 0.25) is 0 Å². The van der Waals surface area contributed by atoms with Crippen LogP contribution in [0.5, 0.6) is 17.2 Å². The quantitative estimate of drug-likeness (QED) is 0.610. The van der Waals surface area contributed by atoms with E-state index >= 15 is 0 Å². The Morgan fingerprint density at radius 3 is 2.39 bits per heavy atom. The summed E-state index contributed by atoms with van der Waals surface area (Å²) in [4.78, 5) is 16.9. The minimum atomic E-state index is -0.312. The summed E-state index contributed by atoms with van der Waals surface area (Å²) >= 11 is 1.34. The molecule has 0 saturated heterocycles. The number of aromatic nitrogens is 1. The summed E-state index contributed by atoms with van der Waals surface area (Å²) in [5.74, 6) is 1.52. The molecule has 8 heteroatoms. The van der Waals surface area contributed by atoms with Gasteiger partial charge in [-0.25, -0.2) is 4.98 Å². The predicted molar refractivity (Wildman–Crippen MR) is 111 cm³/mol. The summed E-state index contributed by atoms with van der Waals surface area (Å²) in [5, 5.41) is 8.31. The first-order chi connectivity index (χ1) is 13.5. The third-order valence-electron chi connectivity index (χ3n) is 3.97. The lowest BCUT2D eigenvalue weighted by Crippen LogP contribution is -2.12. The zero-order valence-corrected chi connectivity index (χ0v) is 16.8. The molecule has 1 amide bonds. The zero-order chi connectivity index (χ0) is 20.1. The summed E-state index contributed by atoms with van der Waals surface area (Å²) < 4.78 is 15.8.